The third kappa shape index (κ3) is 4.47. The first-order valence-electron chi connectivity index (χ1n) is 5.58. The van der Waals surface area contributed by atoms with Crippen LogP contribution in [0.3, 0.4) is 0 Å². The lowest BCUT2D eigenvalue weighted by atomic mass is 10.1. The van der Waals surface area contributed by atoms with Crippen LogP contribution >= 0.6 is 0 Å². The molecule has 1 aliphatic heterocycles. The molecule has 0 aliphatic carbocycles. The summed E-state index contributed by atoms with van der Waals surface area (Å²) in [4.78, 5) is 32.4. The summed E-state index contributed by atoms with van der Waals surface area (Å²) in [5.41, 5.74) is 0. The summed E-state index contributed by atoms with van der Waals surface area (Å²) in [6.07, 6.45) is -5.64. The normalized spacial score (nSPS) is 29.7. The van der Waals surface area contributed by atoms with Crippen molar-refractivity contribution in [2.24, 2.45) is 0 Å². The number of carbonyl (C=O) groups is 3. The van der Waals surface area contributed by atoms with Gasteiger partial charge in [-0.3, -0.25) is 14.4 Å². The van der Waals surface area contributed by atoms with E-state index in [-0.39, 0.29) is 6.61 Å². The van der Waals surface area contributed by atoms with Gasteiger partial charge in [-0.15, -0.1) is 0 Å². The molecule has 1 rings (SSSR count). The second-order valence-electron chi connectivity index (χ2n) is 3.97. The van der Waals surface area contributed by atoms with E-state index >= 15 is 0 Å². The first-order valence-corrected chi connectivity index (χ1v) is 5.58. The fourth-order valence-corrected chi connectivity index (χ4v) is 1.61. The number of esters is 3. The summed E-state index contributed by atoms with van der Waals surface area (Å²) in [5.74, 6) is -2.04. The molecule has 1 saturated heterocycles. The van der Waals surface area contributed by atoms with Gasteiger partial charge >= 0.3 is 17.9 Å². The van der Waals surface area contributed by atoms with Gasteiger partial charge in [-0.05, 0) is 0 Å². The van der Waals surface area contributed by atoms with Crippen LogP contribution in [0, 0.1) is 0 Å². The Kier molecular flexibility index (Phi) is 5.22. The van der Waals surface area contributed by atoms with Crippen LogP contribution in [0.4, 0.5) is 4.39 Å². The summed E-state index contributed by atoms with van der Waals surface area (Å²) in [6.45, 7) is 3.07. The molecule has 0 saturated carbocycles. The van der Waals surface area contributed by atoms with E-state index in [1.165, 1.54) is 6.92 Å². The molecule has 7 nitrogen and oxygen atoms in total. The second kappa shape index (κ2) is 6.46. The highest BCUT2D eigenvalue weighted by molar-refractivity contribution is 5.67. The number of alkyl halides is 1. The van der Waals surface area contributed by atoms with Crippen LogP contribution in [0.25, 0.3) is 0 Å². The first-order chi connectivity index (χ1) is 8.81. The molecule has 0 spiro atoms. The lowest BCUT2D eigenvalue weighted by molar-refractivity contribution is -0.184. The average Bonchev–Trinajstić information content (AvgIpc) is 2.53. The highest BCUT2D eigenvalue weighted by atomic mass is 19.1. The molecule has 1 aliphatic rings. The minimum Gasteiger partial charge on any atom is -0.463 e. The number of hydrogen-bond acceptors (Lipinski definition) is 7. The van der Waals surface area contributed by atoms with Crippen molar-refractivity contribution < 1.29 is 37.7 Å². The molecule has 4 atom stereocenters. The van der Waals surface area contributed by atoms with Crippen LogP contribution in [0.5, 0.6) is 0 Å². The van der Waals surface area contributed by atoms with Gasteiger partial charge < -0.3 is 18.9 Å². The second-order valence-corrected chi connectivity index (χ2v) is 3.97. The van der Waals surface area contributed by atoms with E-state index in [0.29, 0.717) is 0 Å². The van der Waals surface area contributed by atoms with Gasteiger partial charge in [0.1, 0.15) is 12.7 Å². The van der Waals surface area contributed by atoms with Crippen LogP contribution in [-0.2, 0) is 33.3 Å². The summed E-state index contributed by atoms with van der Waals surface area (Å²) in [5, 5.41) is 0. The van der Waals surface area contributed by atoms with Gasteiger partial charge in [-0.2, -0.15) is 0 Å². The number of ether oxygens (including phenoxy) is 4. The highest BCUT2D eigenvalue weighted by Crippen LogP contribution is 2.28. The summed E-state index contributed by atoms with van der Waals surface area (Å²) < 4.78 is 33.0. The van der Waals surface area contributed by atoms with Crippen LogP contribution in [0.2, 0.25) is 0 Å². The standard InChI is InChI=1S/C11H15FO7/c1-5(13)16-4-8-10(17-6(2)14)9(12)11(19-8)18-7(3)15/h8-11H,4H2,1-3H3/t8-,9-,10-,11-/m0/s1. The third-order valence-corrected chi connectivity index (χ3v) is 2.28. The molecule has 0 aromatic rings. The molecule has 0 amide bonds. The third-order valence-electron chi connectivity index (χ3n) is 2.28. The molecule has 1 fully saturated rings. The van der Waals surface area contributed by atoms with E-state index in [1.54, 1.807) is 0 Å². The van der Waals surface area contributed by atoms with Crippen molar-refractivity contribution in [2.75, 3.05) is 6.61 Å². The molecule has 8 heteroatoms. The van der Waals surface area contributed by atoms with E-state index < -0.39 is 42.6 Å². The smallest absolute Gasteiger partial charge is 0.305 e. The van der Waals surface area contributed by atoms with Gasteiger partial charge in [0.2, 0.25) is 12.5 Å². The molecule has 0 aromatic carbocycles. The quantitative estimate of drug-likeness (QED) is 0.532. The van der Waals surface area contributed by atoms with Crippen molar-refractivity contribution in [3.63, 3.8) is 0 Å². The molecular formula is C11H15FO7. The molecule has 0 N–H and O–H groups in total. The Morgan fingerprint density at radius 2 is 1.63 bits per heavy atom. The molecule has 0 radical (unpaired) electrons. The van der Waals surface area contributed by atoms with Crippen molar-refractivity contribution in [3.8, 4) is 0 Å². The largest absolute Gasteiger partial charge is 0.463 e. The Hall–Kier alpha value is -1.70. The topological polar surface area (TPSA) is 88.1 Å². The lowest BCUT2D eigenvalue weighted by Crippen LogP contribution is -2.37. The van der Waals surface area contributed by atoms with E-state index in [2.05, 4.69) is 9.47 Å². The van der Waals surface area contributed by atoms with E-state index in [4.69, 9.17) is 9.47 Å². The maximum absolute atomic E-state index is 13.9. The highest BCUT2D eigenvalue weighted by Gasteiger charge is 2.49. The lowest BCUT2D eigenvalue weighted by Gasteiger charge is -2.17. The van der Waals surface area contributed by atoms with Crippen molar-refractivity contribution in [1.29, 1.82) is 0 Å². The van der Waals surface area contributed by atoms with Gasteiger partial charge in [0, 0.05) is 20.8 Å². The maximum Gasteiger partial charge on any atom is 0.305 e. The minimum absolute atomic E-state index is 0.300. The molecule has 19 heavy (non-hydrogen) atoms. The number of halogens is 1. The fourth-order valence-electron chi connectivity index (χ4n) is 1.61. The Morgan fingerprint density at radius 1 is 1.05 bits per heavy atom. The SMILES string of the molecule is CC(=O)OC[C@@H]1O[C@H](OC(C)=O)[C@@H](F)[C@H]1OC(C)=O. The van der Waals surface area contributed by atoms with E-state index in [1.807, 2.05) is 0 Å². The minimum atomic E-state index is -1.84. The molecule has 0 unspecified atom stereocenters. The number of hydrogen-bond donors (Lipinski definition) is 0. The van der Waals surface area contributed by atoms with Crippen LogP contribution in [0.1, 0.15) is 20.8 Å². The fraction of sp³-hybridized carbons (Fsp3) is 0.727. The van der Waals surface area contributed by atoms with Crippen LogP contribution < -0.4 is 0 Å². The van der Waals surface area contributed by atoms with E-state index in [0.717, 1.165) is 13.8 Å². The van der Waals surface area contributed by atoms with Crippen molar-refractivity contribution >= 4 is 17.9 Å². The average molecular weight is 278 g/mol. The van der Waals surface area contributed by atoms with Gasteiger partial charge in [0.05, 0.1) is 0 Å². The van der Waals surface area contributed by atoms with Gasteiger partial charge in [0.25, 0.3) is 0 Å². The van der Waals surface area contributed by atoms with Crippen molar-refractivity contribution in [2.45, 2.75) is 45.4 Å². The molecule has 108 valence electrons. The van der Waals surface area contributed by atoms with Crippen LogP contribution in [0.15, 0.2) is 0 Å². The predicted octanol–water partition coefficient (Wildman–Crippen LogP) is 0.107. The van der Waals surface area contributed by atoms with Gasteiger partial charge in [-0.1, -0.05) is 0 Å². The Bertz CT molecular complexity index is 370. The van der Waals surface area contributed by atoms with E-state index in [9.17, 15) is 18.8 Å². The number of carbonyl (C=O) groups excluding carboxylic acids is 3. The van der Waals surface area contributed by atoms with Crippen molar-refractivity contribution in [3.05, 3.63) is 0 Å². The zero-order valence-corrected chi connectivity index (χ0v) is 10.8. The molecule has 1 heterocycles. The van der Waals surface area contributed by atoms with Crippen molar-refractivity contribution in [1.82, 2.24) is 0 Å². The Balaban J connectivity index is 2.71. The monoisotopic (exact) mass is 278 g/mol. The van der Waals surface area contributed by atoms with Gasteiger partial charge in [-0.25, -0.2) is 4.39 Å². The van der Waals surface area contributed by atoms with Crippen LogP contribution in [-0.4, -0.2) is 49.2 Å². The Labute approximate surface area is 108 Å². The zero-order chi connectivity index (χ0) is 14.6. The van der Waals surface area contributed by atoms with Gasteiger partial charge in [0.15, 0.2) is 6.10 Å². The summed E-state index contributed by atoms with van der Waals surface area (Å²) in [6, 6.07) is 0. The zero-order valence-electron chi connectivity index (χ0n) is 10.8. The summed E-state index contributed by atoms with van der Waals surface area (Å²) >= 11 is 0. The first kappa shape index (κ1) is 15.4. The molecular weight excluding hydrogens is 263 g/mol. The molecule has 0 aromatic heterocycles. The Morgan fingerprint density at radius 3 is 2.11 bits per heavy atom. The molecule has 0 bridgehead atoms. The summed E-state index contributed by atoms with van der Waals surface area (Å²) in [7, 11) is 0. The number of rotatable bonds is 4. The maximum atomic E-state index is 13.9. The predicted molar refractivity (Wildman–Crippen MR) is 57.5 cm³/mol.